The van der Waals surface area contributed by atoms with Gasteiger partial charge in [0.15, 0.2) is 5.82 Å². The van der Waals surface area contributed by atoms with Crippen molar-refractivity contribution in [3.8, 4) is 0 Å². The number of piperazine rings is 1. The highest BCUT2D eigenvalue weighted by atomic mass is 19.1. The lowest BCUT2D eigenvalue weighted by atomic mass is 10.1. The van der Waals surface area contributed by atoms with Gasteiger partial charge in [0, 0.05) is 26.2 Å². The van der Waals surface area contributed by atoms with Crippen LogP contribution < -0.4 is 4.90 Å². The lowest BCUT2D eigenvalue weighted by Gasteiger charge is -2.35. The van der Waals surface area contributed by atoms with E-state index in [1.54, 1.807) is 12.1 Å². The summed E-state index contributed by atoms with van der Waals surface area (Å²) in [4.78, 5) is 16.3. The molecule has 1 fully saturated rings. The predicted molar refractivity (Wildman–Crippen MR) is 85.7 cm³/mol. The first kappa shape index (κ1) is 15.4. The van der Waals surface area contributed by atoms with Gasteiger partial charge in [-0.3, -0.25) is 4.79 Å². The summed E-state index contributed by atoms with van der Waals surface area (Å²) in [6, 6.07) is 10.1. The van der Waals surface area contributed by atoms with Gasteiger partial charge in [-0.05, 0) is 36.8 Å². The van der Waals surface area contributed by atoms with Gasteiger partial charge < -0.3 is 9.80 Å². The summed E-state index contributed by atoms with van der Waals surface area (Å²) in [6.45, 7) is 4.65. The molecule has 1 aliphatic rings. The van der Waals surface area contributed by atoms with Crippen LogP contribution >= 0.6 is 0 Å². The van der Waals surface area contributed by atoms with Crippen LogP contribution in [0.2, 0.25) is 0 Å². The molecule has 23 heavy (non-hydrogen) atoms. The Kier molecular flexibility index (Phi) is 4.50. The summed E-state index contributed by atoms with van der Waals surface area (Å²) in [7, 11) is 0. The minimum Gasteiger partial charge on any atom is -0.352 e. The summed E-state index contributed by atoms with van der Waals surface area (Å²) >= 11 is 0. The number of aryl methyl sites for hydroxylation is 1. The molecule has 0 radical (unpaired) electrons. The Bertz CT molecular complexity index is 681. The van der Waals surface area contributed by atoms with Gasteiger partial charge in [0.1, 0.15) is 5.82 Å². The van der Waals surface area contributed by atoms with E-state index in [9.17, 15) is 9.18 Å². The normalized spacial score (nSPS) is 14.9. The van der Waals surface area contributed by atoms with Crippen molar-refractivity contribution in [2.45, 2.75) is 13.3 Å². The van der Waals surface area contributed by atoms with Crippen molar-refractivity contribution in [3.63, 3.8) is 0 Å². The van der Waals surface area contributed by atoms with Gasteiger partial charge in [-0.2, -0.15) is 5.10 Å². The number of carbonyl (C=O) groups excluding carboxylic acids is 1. The van der Waals surface area contributed by atoms with Gasteiger partial charge in [0.2, 0.25) is 5.91 Å². The van der Waals surface area contributed by atoms with Gasteiger partial charge in [0.25, 0.3) is 0 Å². The molecule has 1 aromatic carbocycles. The standard InChI is InChI=1S/C17H19FN4O/c1-13-5-6-16(20-19-13)21-7-9-22(10-8-21)17(23)12-14-3-2-4-15(18)11-14/h2-6,11H,7-10,12H2,1H3. The van der Waals surface area contributed by atoms with Crippen LogP contribution in [0, 0.1) is 12.7 Å². The summed E-state index contributed by atoms with van der Waals surface area (Å²) in [6.07, 6.45) is 0.238. The molecule has 0 N–H and O–H groups in total. The molecule has 2 aromatic rings. The molecule has 5 nitrogen and oxygen atoms in total. The van der Waals surface area contributed by atoms with Gasteiger partial charge in [0.05, 0.1) is 12.1 Å². The lowest BCUT2D eigenvalue weighted by Crippen LogP contribution is -2.49. The van der Waals surface area contributed by atoms with Crippen LogP contribution in [0.3, 0.4) is 0 Å². The monoisotopic (exact) mass is 314 g/mol. The summed E-state index contributed by atoms with van der Waals surface area (Å²) in [5.74, 6) is 0.566. The smallest absolute Gasteiger partial charge is 0.227 e. The molecule has 0 unspecified atom stereocenters. The second kappa shape index (κ2) is 6.73. The van der Waals surface area contributed by atoms with E-state index in [-0.39, 0.29) is 18.1 Å². The topological polar surface area (TPSA) is 49.3 Å². The fourth-order valence-electron chi connectivity index (χ4n) is 2.68. The van der Waals surface area contributed by atoms with E-state index in [4.69, 9.17) is 0 Å². The Morgan fingerprint density at radius 1 is 1.13 bits per heavy atom. The number of amides is 1. The van der Waals surface area contributed by atoms with Crippen LogP contribution in [-0.4, -0.2) is 47.2 Å². The SMILES string of the molecule is Cc1ccc(N2CCN(C(=O)Cc3cccc(F)c3)CC2)nn1. The number of rotatable bonds is 3. The van der Waals surface area contributed by atoms with Gasteiger partial charge in [-0.15, -0.1) is 5.10 Å². The molecule has 0 spiro atoms. The minimum atomic E-state index is -0.307. The Morgan fingerprint density at radius 2 is 1.91 bits per heavy atom. The van der Waals surface area contributed by atoms with E-state index in [2.05, 4.69) is 15.1 Å². The molecule has 120 valence electrons. The first-order valence-corrected chi connectivity index (χ1v) is 7.69. The molecule has 0 bridgehead atoms. The van der Waals surface area contributed by atoms with Crippen molar-refractivity contribution in [2.24, 2.45) is 0 Å². The number of anilines is 1. The van der Waals surface area contributed by atoms with Crippen LogP contribution in [-0.2, 0) is 11.2 Å². The third-order valence-corrected chi connectivity index (χ3v) is 3.98. The maximum absolute atomic E-state index is 13.2. The Morgan fingerprint density at radius 3 is 2.57 bits per heavy atom. The maximum Gasteiger partial charge on any atom is 0.227 e. The number of aromatic nitrogens is 2. The number of nitrogens with zero attached hydrogens (tertiary/aromatic N) is 4. The highest BCUT2D eigenvalue weighted by Crippen LogP contribution is 2.14. The van der Waals surface area contributed by atoms with Crippen LogP contribution in [0.5, 0.6) is 0 Å². The van der Waals surface area contributed by atoms with Crippen molar-refractivity contribution >= 4 is 11.7 Å². The van der Waals surface area contributed by atoms with Crippen molar-refractivity contribution in [1.82, 2.24) is 15.1 Å². The van der Waals surface area contributed by atoms with Crippen LogP contribution in [0.15, 0.2) is 36.4 Å². The fourth-order valence-corrected chi connectivity index (χ4v) is 2.68. The number of carbonyl (C=O) groups is 1. The van der Waals surface area contributed by atoms with E-state index >= 15 is 0 Å². The number of benzene rings is 1. The largest absolute Gasteiger partial charge is 0.352 e. The number of hydrogen-bond acceptors (Lipinski definition) is 4. The fraction of sp³-hybridized carbons (Fsp3) is 0.353. The summed E-state index contributed by atoms with van der Waals surface area (Å²) in [5, 5.41) is 8.24. The van der Waals surface area contributed by atoms with Gasteiger partial charge in [-0.1, -0.05) is 12.1 Å². The van der Waals surface area contributed by atoms with E-state index in [0.717, 1.165) is 24.6 Å². The first-order chi connectivity index (χ1) is 11.1. The molecular weight excluding hydrogens is 295 g/mol. The molecule has 3 rings (SSSR count). The average molecular weight is 314 g/mol. The molecule has 0 aliphatic carbocycles. The van der Waals surface area contributed by atoms with Crippen molar-refractivity contribution in [2.75, 3.05) is 31.1 Å². The van der Waals surface area contributed by atoms with E-state index in [1.807, 2.05) is 24.0 Å². The third kappa shape index (κ3) is 3.83. The van der Waals surface area contributed by atoms with Crippen LogP contribution in [0.4, 0.5) is 10.2 Å². The quantitative estimate of drug-likeness (QED) is 0.867. The van der Waals surface area contributed by atoms with E-state index in [1.165, 1.54) is 12.1 Å². The number of halogens is 1. The zero-order valence-corrected chi connectivity index (χ0v) is 13.1. The van der Waals surface area contributed by atoms with Crippen molar-refractivity contribution < 1.29 is 9.18 Å². The van der Waals surface area contributed by atoms with Gasteiger partial charge >= 0.3 is 0 Å². The Hall–Kier alpha value is -2.50. The minimum absolute atomic E-state index is 0.0326. The zero-order valence-electron chi connectivity index (χ0n) is 13.1. The zero-order chi connectivity index (χ0) is 16.2. The molecular formula is C17H19FN4O. The van der Waals surface area contributed by atoms with E-state index < -0.39 is 0 Å². The highest BCUT2D eigenvalue weighted by Gasteiger charge is 2.22. The average Bonchev–Trinajstić information content (AvgIpc) is 2.56. The van der Waals surface area contributed by atoms with E-state index in [0.29, 0.717) is 18.7 Å². The second-order valence-corrected chi connectivity index (χ2v) is 5.71. The van der Waals surface area contributed by atoms with Crippen LogP contribution in [0.25, 0.3) is 0 Å². The maximum atomic E-state index is 13.2. The number of hydrogen-bond donors (Lipinski definition) is 0. The lowest BCUT2D eigenvalue weighted by molar-refractivity contribution is -0.130. The highest BCUT2D eigenvalue weighted by molar-refractivity contribution is 5.79. The van der Waals surface area contributed by atoms with Crippen molar-refractivity contribution in [3.05, 3.63) is 53.5 Å². The van der Waals surface area contributed by atoms with Crippen LogP contribution in [0.1, 0.15) is 11.3 Å². The summed E-state index contributed by atoms with van der Waals surface area (Å²) in [5.41, 5.74) is 1.60. The molecule has 0 saturated carbocycles. The second-order valence-electron chi connectivity index (χ2n) is 5.71. The summed E-state index contributed by atoms with van der Waals surface area (Å²) < 4.78 is 13.2. The molecule has 0 atom stereocenters. The Labute approximate surface area is 134 Å². The molecule has 6 heteroatoms. The molecule has 1 aliphatic heterocycles. The van der Waals surface area contributed by atoms with Gasteiger partial charge in [-0.25, -0.2) is 4.39 Å². The Balaban J connectivity index is 1.56. The molecule has 1 amide bonds. The third-order valence-electron chi connectivity index (χ3n) is 3.98. The molecule has 1 saturated heterocycles. The molecule has 1 aromatic heterocycles. The molecule has 2 heterocycles. The predicted octanol–water partition coefficient (Wildman–Crippen LogP) is 1.82. The first-order valence-electron chi connectivity index (χ1n) is 7.69. The van der Waals surface area contributed by atoms with Crippen molar-refractivity contribution in [1.29, 1.82) is 0 Å².